The summed E-state index contributed by atoms with van der Waals surface area (Å²) >= 11 is 0. The molecule has 0 atom stereocenters. The van der Waals surface area contributed by atoms with Crippen molar-refractivity contribution in [2.75, 3.05) is 0 Å². The molecule has 0 unspecified atom stereocenters. The molecule has 1 aromatic rings. The van der Waals surface area contributed by atoms with E-state index in [1.165, 1.54) is 0 Å². The second-order valence-electron chi connectivity index (χ2n) is 2.72. The second-order valence-corrected chi connectivity index (χ2v) is 2.72. The minimum absolute atomic E-state index is 0.0860. The van der Waals surface area contributed by atoms with E-state index in [-0.39, 0.29) is 5.91 Å². The topological polar surface area (TPSA) is 29.1 Å². The summed E-state index contributed by atoms with van der Waals surface area (Å²) in [6, 6.07) is 7.36. The molecule has 2 nitrogen and oxygen atoms in total. The SMILES string of the molecule is C#C/C=C1\NC(=O)c2ccccc21. The van der Waals surface area contributed by atoms with Crippen LogP contribution >= 0.6 is 0 Å². The molecular weight excluding hydrogens is 162 g/mol. The third-order valence-corrected chi connectivity index (χ3v) is 1.94. The molecule has 13 heavy (non-hydrogen) atoms. The van der Waals surface area contributed by atoms with Gasteiger partial charge in [-0.15, -0.1) is 6.42 Å². The third-order valence-electron chi connectivity index (χ3n) is 1.94. The monoisotopic (exact) mass is 169 g/mol. The minimum Gasteiger partial charge on any atom is -0.321 e. The van der Waals surface area contributed by atoms with Crippen LogP contribution in [0.2, 0.25) is 0 Å². The number of carbonyl (C=O) groups is 1. The second kappa shape index (κ2) is 2.80. The van der Waals surface area contributed by atoms with Crippen LogP contribution in [-0.4, -0.2) is 5.91 Å². The molecule has 1 aromatic carbocycles. The molecule has 1 heterocycles. The summed E-state index contributed by atoms with van der Waals surface area (Å²) in [4.78, 5) is 11.3. The Morgan fingerprint density at radius 1 is 1.31 bits per heavy atom. The van der Waals surface area contributed by atoms with Crippen LogP contribution in [0, 0.1) is 12.3 Å². The van der Waals surface area contributed by atoms with Gasteiger partial charge in [0.25, 0.3) is 5.91 Å². The molecular formula is C11H7NO. The van der Waals surface area contributed by atoms with Gasteiger partial charge in [-0.2, -0.15) is 0 Å². The summed E-state index contributed by atoms with van der Waals surface area (Å²) in [6.45, 7) is 0. The van der Waals surface area contributed by atoms with E-state index in [9.17, 15) is 4.79 Å². The van der Waals surface area contributed by atoms with Crippen molar-refractivity contribution in [1.82, 2.24) is 5.32 Å². The summed E-state index contributed by atoms with van der Waals surface area (Å²) in [5, 5.41) is 2.70. The van der Waals surface area contributed by atoms with Crippen molar-refractivity contribution in [3.63, 3.8) is 0 Å². The van der Waals surface area contributed by atoms with E-state index >= 15 is 0 Å². The molecule has 0 spiro atoms. The van der Waals surface area contributed by atoms with Gasteiger partial charge in [-0.25, -0.2) is 0 Å². The van der Waals surface area contributed by atoms with Gasteiger partial charge in [-0.05, 0) is 6.07 Å². The number of hydrogen-bond acceptors (Lipinski definition) is 1. The van der Waals surface area contributed by atoms with Crippen molar-refractivity contribution in [1.29, 1.82) is 0 Å². The van der Waals surface area contributed by atoms with Gasteiger partial charge in [0.05, 0.1) is 5.70 Å². The van der Waals surface area contributed by atoms with Crippen molar-refractivity contribution < 1.29 is 4.79 Å². The summed E-state index contributed by atoms with van der Waals surface area (Å²) in [5.41, 5.74) is 2.28. The first-order chi connectivity index (χ1) is 6.33. The normalized spacial score (nSPS) is 16.5. The summed E-state index contributed by atoms with van der Waals surface area (Å²) < 4.78 is 0. The molecule has 2 heteroatoms. The predicted octanol–water partition coefficient (Wildman–Crippen LogP) is 1.40. The fourth-order valence-electron chi connectivity index (χ4n) is 1.37. The summed E-state index contributed by atoms with van der Waals surface area (Å²) in [5.74, 6) is 2.31. The van der Waals surface area contributed by atoms with Crippen molar-refractivity contribution in [3.05, 3.63) is 41.5 Å². The fourth-order valence-corrected chi connectivity index (χ4v) is 1.37. The van der Waals surface area contributed by atoms with Crippen LogP contribution < -0.4 is 5.32 Å². The zero-order valence-corrected chi connectivity index (χ0v) is 6.87. The van der Waals surface area contributed by atoms with Crippen LogP contribution in [0.5, 0.6) is 0 Å². The largest absolute Gasteiger partial charge is 0.321 e. The molecule has 0 fully saturated rings. The van der Waals surface area contributed by atoms with Crippen LogP contribution in [0.1, 0.15) is 15.9 Å². The number of hydrogen-bond donors (Lipinski definition) is 1. The lowest BCUT2D eigenvalue weighted by Crippen LogP contribution is -2.11. The van der Waals surface area contributed by atoms with Gasteiger partial charge in [0, 0.05) is 17.2 Å². The van der Waals surface area contributed by atoms with Crippen LogP contribution in [0.4, 0.5) is 0 Å². The van der Waals surface area contributed by atoms with Gasteiger partial charge in [0.1, 0.15) is 0 Å². The smallest absolute Gasteiger partial charge is 0.256 e. The Morgan fingerprint density at radius 2 is 2.00 bits per heavy atom. The van der Waals surface area contributed by atoms with E-state index in [0.717, 1.165) is 5.56 Å². The van der Waals surface area contributed by atoms with E-state index in [1.54, 1.807) is 12.1 Å². The van der Waals surface area contributed by atoms with Gasteiger partial charge in [-0.3, -0.25) is 4.79 Å². The maximum Gasteiger partial charge on any atom is 0.256 e. The van der Waals surface area contributed by atoms with Crippen LogP contribution in [0.3, 0.4) is 0 Å². The Hall–Kier alpha value is -2.01. The summed E-state index contributed by atoms with van der Waals surface area (Å²) in [7, 11) is 0. The van der Waals surface area contributed by atoms with Gasteiger partial charge in [-0.1, -0.05) is 24.1 Å². The van der Waals surface area contributed by atoms with Crippen molar-refractivity contribution in [3.8, 4) is 12.3 Å². The van der Waals surface area contributed by atoms with E-state index in [4.69, 9.17) is 6.42 Å². The van der Waals surface area contributed by atoms with Gasteiger partial charge in [0.15, 0.2) is 0 Å². The molecule has 0 aromatic heterocycles. The zero-order chi connectivity index (χ0) is 9.26. The fraction of sp³-hybridized carbons (Fsp3) is 0. The van der Waals surface area contributed by atoms with E-state index in [1.807, 2.05) is 18.2 Å². The first kappa shape index (κ1) is 7.63. The lowest BCUT2D eigenvalue weighted by molar-refractivity contribution is 0.0981. The van der Waals surface area contributed by atoms with E-state index < -0.39 is 0 Å². The average Bonchev–Trinajstić information content (AvgIpc) is 2.46. The van der Waals surface area contributed by atoms with Gasteiger partial charge < -0.3 is 5.32 Å². The Labute approximate surface area is 76.3 Å². The Morgan fingerprint density at radius 3 is 2.69 bits per heavy atom. The average molecular weight is 169 g/mol. The summed E-state index contributed by atoms with van der Waals surface area (Å²) in [6.07, 6.45) is 6.69. The molecule has 0 saturated heterocycles. The molecule has 62 valence electrons. The molecule has 0 bridgehead atoms. The quantitative estimate of drug-likeness (QED) is 0.584. The highest BCUT2D eigenvalue weighted by atomic mass is 16.1. The number of amides is 1. The van der Waals surface area contributed by atoms with E-state index in [2.05, 4.69) is 11.2 Å². The highest BCUT2D eigenvalue weighted by Gasteiger charge is 2.21. The highest BCUT2D eigenvalue weighted by Crippen LogP contribution is 2.23. The molecule has 1 N–H and O–H groups in total. The number of rotatable bonds is 0. The Kier molecular flexibility index (Phi) is 1.64. The van der Waals surface area contributed by atoms with Crippen molar-refractivity contribution in [2.45, 2.75) is 0 Å². The molecule has 2 rings (SSSR count). The molecule has 0 saturated carbocycles. The van der Waals surface area contributed by atoms with Crippen LogP contribution in [0.15, 0.2) is 30.3 Å². The van der Waals surface area contributed by atoms with Gasteiger partial charge >= 0.3 is 0 Å². The number of allylic oxidation sites excluding steroid dienone is 1. The van der Waals surface area contributed by atoms with Crippen molar-refractivity contribution >= 4 is 11.6 Å². The van der Waals surface area contributed by atoms with Gasteiger partial charge in [0.2, 0.25) is 0 Å². The highest BCUT2D eigenvalue weighted by molar-refractivity contribution is 6.09. The molecule has 0 radical (unpaired) electrons. The zero-order valence-electron chi connectivity index (χ0n) is 6.87. The van der Waals surface area contributed by atoms with Crippen LogP contribution in [0.25, 0.3) is 5.70 Å². The number of terminal acetylenes is 1. The van der Waals surface area contributed by atoms with E-state index in [0.29, 0.717) is 11.3 Å². The minimum atomic E-state index is -0.0860. The molecule has 1 amide bonds. The lowest BCUT2D eigenvalue weighted by Gasteiger charge is -1.94. The number of fused-ring (bicyclic) bond motifs is 1. The first-order valence-electron chi connectivity index (χ1n) is 3.90. The standard InChI is InChI=1S/C11H7NO/c1-2-5-10-8-6-3-4-7-9(8)11(13)12-10/h1,3-7H,(H,12,13)/b10-5-. The maximum atomic E-state index is 11.3. The van der Waals surface area contributed by atoms with Crippen molar-refractivity contribution in [2.24, 2.45) is 0 Å². The number of nitrogens with one attached hydrogen (secondary N) is 1. The maximum absolute atomic E-state index is 11.3. The van der Waals surface area contributed by atoms with Crippen LogP contribution in [-0.2, 0) is 0 Å². The number of benzene rings is 1. The molecule has 0 aliphatic carbocycles. The predicted molar refractivity (Wildman–Crippen MR) is 50.7 cm³/mol. The third kappa shape index (κ3) is 1.11. The Balaban J connectivity index is 2.61. The first-order valence-corrected chi connectivity index (χ1v) is 3.90. The lowest BCUT2D eigenvalue weighted by atomic mass is 10.1. The number of carbonyl (C=O) groups excluding carboxylic acids is 1. The molecule has 1 aliphatic heterocycles. The Bertz CT molecular complexity index is 438. The molecule has 1 aliphatic rings.